The first-order valence-electron chi connectivity index (χ1n) is 6.96. The molecule has 0 aliphatic carbocycles. The Morgan fingerprint density at radius 2 is 1.58 bits per heavy atom. The van der Waals surface area contributed by atoms with Crippen molar-refractivity contribution in [2.75, 3.05) is 0 Å². The molecule has 19 heavy (non-hydrogen) atoms. The van der Waals surface area contributed by atoms with Crippen molar-refractivity contribution in [2.24, 2.45) is 0 Å². The summed E-state index contributed by atoms with van der Waals surface area (Å²) < 4.78 is 0. The molecule has 1 nitrogen and oxygen atoms in total. The molecule has 0 fully saturated rings. The maximum Gasteiger partial charge on any atom is 0.0581 e. The highest BCUT2D eigenvalue weighted by Gasteiger charge is 2.16. The van der Waals surface area contributed by atoms with Gasteiger partial charge in [-0.05, 0) is 44.4 Å². The van der Waals surface area contributed by atoms with Crippen molar-refractivity contribution in [1.29, 1.82) is 0 Å². The molecule has 1 N–H and O–H groups in total. The van der Waals surface area contributed by atoms with Gasteiger partial charge < -0.3 is 5.32 Å². The summed E-state index contributed by atoms with van der Waals surface area (Å²) in [4.78, 5) is 0. The van der Waals surface area contributed by atoms with Gasteiger partial charge in [-0.15, -0.1) is 0 Å². The summed E-state index contributed by atoms with van der Waals surface area (Å²) in [6.07, 6.45) is 0. The van der Waals surface area contributed by atoms with Crippen LogP contribution in [0.15, 0.2) is 48.5 Å². The lowest BCUT2D eigenvalue weighted by molar-refractivity contribution is 0.527. The fourth-order valence-corrected chi connectivity index (χ4v) is 2.49. The number of aryl methyl sites for hydroxylation is 2. The minimum Gasteiger partial charge on any atom is -0.304 e. The molecule has 2 aromatic rings. The minimum atomic E-state index is 0.266. The fraction of sp³-hybridized carbons (Fsp3) is 0.333. The Morgan fingerprint density at radius 1 is 0.895 bits per heavy atom. The Bertz CT molecular complexity index is 529. The number of nitrogens with one attached hydrogen (secondary N) is 1. The number of hydrogen-bond acceptors (Lipinski definition) is 1. The van der Waals surface area contributed by atoms with E-state index in [1.165, 1.54) is 22.3 Å². The molecule has 0 radical (unpaired) electrons. The Balaban J connectivity index is 2.43. The van der Waals surface area contributed by atoms with Crippen molar-refractivity contribution in [3.8, 4) is 0 Å². The van der Waals surface area contributed by atoms with Crippen molar-refractivity contribution >= 4 is 0 Å². The van der Waals surface area contributed by atoms with Crippen molar-refractivity contribution < 1.29 is 0 Å². The van der Waals surface area contributed by atoms with E-state index in [0.29, 0.717) is 6.04 Å². The predicted molar refractivity (Wildman–Crippen MR) is 82.5 cm³/mol. The molecule has 2 aromatic carbocycles. The molecule has 0 aliphatic heterocycles. The average molecular weight is 253 g/mol. The van der Waals surface area contributed by atoms with Crippen LogP contribution in [-0.4, -0.2) is 6.04 Å². The summed E-state index contributed by atoms with van der Waals surface area (Å²) in [5.74, 6) is 0. The zero-order chi connectivity index (χ0) is 13.8. The standard InChI is InChI=1S/C18H23N/c1-13(2)19-18(16-8-6-5-7-9-16)17-11-10-14(3)12-15(17)4/h5-13,18-19H,1-4H3. The van der Waals surface area contributed by atoms with E-state index in [-0.39, 0.29) is 6.04 Å². The molecule has 100 valence electrons. The van der Waals surface area contributed by atoms with E-state index < -0.39 is 0 Å². The van der Waals surface area contributed by atoms with Crippen LogP contribution in [0.4, 0.5) is 0 Å². The van der Waals surface area contributed by atoms with Gasteiger partial charge in [-0.3, -0.25) is 0 Å². The Labute approximate surface area is 116 Å². The lowest BCUT2D eigenvalue weighted by Gasteiger charge is -2.24. The third-order valence-corrected chi connectivity index (χ3v) is 3.37. The lowest BCUT2D eigenvalue weighted by atomic mass is 9.93. The number of benzene rings is 2. The highest BCUT2D eigenvalue weighted by Crippen LogP contribution is 2.26. The minimum absolute atomic E-state index is 0.266. The van der Waals surface area contributed by atoms with E-state index in [4.69, 9.17) is 0 Å². The smallest absolute Gasteiger partial charge is 0.0581 e. The second-order valence-electron chi connectivity index (χ2n) is 5.53. The first kappa shape index (κ1) is 13.8. The molecule has 0 aliphatic rings. The molecule has 1 heteroatoms. The largest absolute Gasteiger partial charge is 0.304 e. The van der Waals surface area contributed by atoms with E-state index in [1.54, 1.807) is 0 Å². The SMILES string of the molecule is Cc1ccc(C(NC(C)C)c2ccccc2)c(C)c1. The third-order valence-electron chi connectivity index (χ3n) is 3.37. The van der Waals surface area contributed by atoms with E-state index in [9.17, 15) is 0 Å². The van der Waals surface area contributed by atoms with Crippen LogP contribution in [0.1, 0.15) is 42.1 Å². The van der Waals surface area contributed by atoms with Gasteiger partial charge in [0.05, 0.1) is 6.04 Å². The van der Waals surface area contributed by atoms with Gasteiger partial charge in [0.2, 0.25) is 0 Å². The monoisotopic (exact) mass is 253 g/mol. The Hall–Kier alpha value is -1.60. The maximum atomic E-state index is 3.67. The van der Waals surface area contributed by atoms with Crippen molar-refractivity contribution in [3.63, 3.8) is 0 Å². The predicted octanol–water partition coefficient (Wildman–Crippen LogP) is 4.39. The summed E-state index contributed by atoms with van der Waals surface area (Å²) in [6.45, 7) is 8.73. The van der Waals surface area contributed by atoms with Gasteiger partial charge in [-0.25, -0.2) is 0 Å². The van der Waals surface area contributed by atoms with Crippen LogP contribution in [0.25, 0.3) is 0 Å². The molecule has 0 amide bonds. The molecule has 0 saturated carbocycles. The number of rotatable bonds is 4. The van der Waals surface area contributed by atoms with Crippen LogP contribution >= 0.6 is 0 Å². The molecular weight excluding hydrogens is 230 g/mol. The van der Waals surface area contributed by atoms with Crippen LogP contribution in [0.3, 0.4) is 0 Å². The van der Waals surface area contributed by atoms with E-state index in [1.807, 2.05) is 0 Å². The van der Waals surface area contributed by atoms with E-state index >= 15 is 0 Å². The van der Waals surface area contributed by atoms with Gasteiger partial charge in [0.25, 0.3) is 0 Å². The van der Waals surface area contributed by atoms with Crippen LogP contribution in [0.5, 0.6) is 0 Å². The molecule has 0 heterocycles. The maximum absolute atomic E-state index is 3.67. The Kier molecular flexibility index (Phi) is 4.39. The van der Waals surface area contributed by atoms with Gasteiger partial charge in [-0.2, -0.15) is 0 Å². The average Bonchev–Trinajstić information content (AvgIpc) is 2.37. The van der Waals surface area contributed by atoms with Crippen molar-refractivity contribution in [2.45, 2.75) is 39.8 Å². The topological polar surface area (TPSA) is 12.0 Å². The number of hydrogen-bond donors (Lipinski definition) is 1. The molecule has 0 bridgehead atoms. The molecule has 0 saturated heterocycles. The first-order chi connectivity index (χ1) is 9.08. The molecule has 0 spiro atoms. The Morgan fingerprint density at radius 3 is 2.16 bits per heavy atom. The zero-order valence-corrected chi connectivity index (χ0v) is 12.3. The van der Waals surface area contributed by atoms with Gasteiger partial charge >= 0.3 is 0 Å². The summed E-state index contributed by atoms with van der Waals surface area (Å²) in [7, 11) is 0. The summed E-state index contributed by atoms with van der Waals surface area (Å²) >= 11 is 0. The quantitative estimate of drug-likeness (QED) is 0.852. The highest BCUT2D eigenvalue weighted by molar-refractivity contribution is 5.38. The second-order valence-corrected chi connectivity index (χ2v) is 5.53. The lowest BCUT2D eigenvalue weighted by Crippen LogP contribution is -2.29. The fourth-order valence-electron chi connectivity index (χ4n) is 2.49. The molecule has 2 rings (SSSR count). The van der Waals surface area contributed by atoms with Crippen LogP contribution in [0.2, 0.25) is 0 Å². The normalized spacial score (nSPS) is 12.7. The van der Waals surface area contributed by atoms with Gasteiger partial charge in [0, 0.05) is 6.04 Å². The van der Waals surface area contributed by atoms with Crippen molar-refractivity contribution in [3.05, 3.63) is 70.8 Å². The second kappa shape index (κ2) is 6.03. The van der Waals surface area contributed by atoms with Gasteiger partial charge in [-0.1, -0.05) is 54.1 Å². The molecule has 0 aromatic heterocycles. The molecular formula is C18H23N. The first-order valence-corrected chi connectivity index (χ1v) is 6.96. The molecule has 1 atom stereocenters. The van der Waals surface area contributed by atoms with E-state index in [0.717, 1.165) is 0 Å². The van der Waals surface area contributed by atoms with Crippen LogP contribution in [0, 0.1) is 13.8 Å². The summed E-state index contributed by atoms with van der Waals surface area (Å²) in [5.41, 5.74) is 5.35. The third kappa shape index (κ3) is 3.45. The zero-order valence-electron chi connectivity index (χ0n) is 12.3. The van der Waals surface area contributed by atoms with E-state index in [2.05, 4.69) is 81.5 Å². The summed E-state index contributed by atoms with van der Waals surface area (Å²) in [5, 5.41) is 3.67. The van der Waals surface area contributed by atoms with Crippen LogP contribution < -0.4 is 5.32 Å². The summed E-state index contributed by atoms with van der Waals surface area (Å²) in [6, 6.07) is 18.1. The van der Waals surface area contributed by atoms with Gasteiger partial charge in [0.15, 0.2) is 0 Å². The highest BCUT2D eigenvalue weighted by atomic mass is 14.9. The van der Waals surface area contributed by atoms with Gasteiger partial charge in [0.1, 0.15) is 0 Å². The van der Waals surface area contributed by atoms with Crippen LogP contribution in [-0.2, 0) is 0 Å². The molecule has 1 unspecified atom stereocenters. The van der Waals surface area contributed by atoms with Crippen molar-refractivity contribution in [1.82, 2.24) is 5.32 Å².